The van der Waals surface area contributed by atoms with Crippen LogP contribution in [0.25, 0.3) is 22.5 Å². The van der Waals surface area contributed by atoms with E-state index >= 15 is 0 Å². The lowest BCUT2D eigenvalue weighted by Gasteiger charge is -2.32. The molecule has 0 bridgehead atoms. The second-order valence-electron chi connectivity index (χ2n) is 9.60. The van der Waals surface area contributed by atoms with Crippen molar-refractivity contribution in [2.45, 2.75) is 38.2 Å². The minimum atomic E-state index is -0.580. The quantitative estimate of drug-likeness (QED) is 0.273. The van der Waals surface area contributed by atoms with Gasteiger partial charge in [0, 0.05) is 18.8 Å². The summed E-state index contributed by atoms with van der Waals surface area (Å²) in [5.41, 5.74) is 5.34. The van der Waals surface area contributed by atoms with E-state index in [1.165, 1.54) is 0 Å². The Balaban J connectivity index is 1.30. The molecule has 5 rings (SSSR count). The summed E-state index contributed by atoms with van der Waals surface area (Å²) in [7, 11) is 0. The van der Waals surface area contributed by atoms with Gasteiger partial charge in [-0.1, -0.05) is 84.0 Å². The largest absolute Gasteiger partial charge is 0.441 e. The third kappa shape index (κ3) is 5.24. The van der Waals surface area contributed by atoms with Gasteiger partial charge >= 0.3 is 6.09 Å². The van der Waals surface area contributed by atoms with E-state index in [1.54, 1.807) is 6.92 Å². The summed E-state index contributed by atoms with van der Waals surface area (Å²) in [6.07, 6.45) is 1.50. The molecule has 2 heterocycles. The lowest BCUT2D eigenvalue weighted by atomic mass is 9.75. The van der Waals surface area contributed by atoms with Gasteiger partial charge in [-0.15, -0.1) is 0 Å². The van der Waals surface area contributed by atoms with Crippen LogP contribution in [0.4, 0.5) is 10.5 Å². The maximum atomic E-state index is 12.6. The first-order valence-corrected chi connectivity index (χ1v) is 12.7. The number of amides is 1. The normalized spacial score (nSPS) is 15.4. The van der Waals surface area contributed by atoms with E-state index in [0.717, 1.165) is 34.1 Å². The van der Waals surface area contributed by atoms with Crippen LogP contribution in [0.5, 0.6) is 0 Å². The minimum absolute atomic E-state index is 0.404. The summed E-state index contributed by atoms with van der Waals surface area (Å²) in [5.74, 6) is 0.459. The highest BCUT2D eigenvalue weighted by atomic mass is 16.6. The lowest BCUT2D eigenvalue weighted by Crippen LogP contribution is -2.35. The number of rotatable bonds is 7. The van der Waals surface area contributed by atoms with Gasteiger partial charge in [0.2, 0.25) is 0 Å². The van der Waals surface area contributed by atoms with Crippen LogP contribution in [0, 0.1) is 6.92 Å². The van der Waals surface area contributed by atoms with E-state index in [-0.39, 0.29) is 0 Å². The molecule has 7 nitrogen and oxygen atoms in total. The van der Waals surface area contributed by atoms with Crippen molar-refractivity contribution in [1.82, 2.24) is 5.16 Å². The Morgan fingerprint density at radius 2 is 1.55 bits per heavy atom. The van der Waals surface area contributed by atoms with Crippen LogP contribution in [-0.4, -0.2) is 30.7 Å². The Bertz CT molecular complexity index is 1390. The van der Waals surface area contributed by atoms with Gasteiger partial charge in [-0.2, -0.15) is 0 Å². The van der Waals surface area contributed by atoms with Crippen LogP contribution < -0.4 is 5.32 Å². The predicted octanol–water partition coefficient (Wildman–Crippen LogP) is 6.87. The molecule has 0 saturated carbocycles. The predicted molar refractivity (Wildman–Crippen MR) is 145 cm³/mol. The standard InChI is InChI=1S/C31H30N2O5/c1-21-28(32-30(35)37-22(2)23-6-4-3-5-7-23)29(38-33-21)26-10-8-24(9-11-26)25-12-14-27(15-13-25)31(20-34)16-18-36-19-17-31/h3-15,20,22H,16-19H2,1-2H3,(H,32,35)/t22-/m1/s1. The summed E-state index contributed by atoms with van der Waals surface area (Å²) in [5, 5.41) is 6.85. The molecule has 1 saturated heterocycles. The SMILES string of the molecule is Cc1noc(-c2ccc(-c3ccc(C4(C=O)CCOCC4)cc3)cc2)c1NC(=O)O[C@H](C)c1ccccc1. The first-order chi connectivity index (χ1) is 18.5. The molecule has 0 unspecified atom stereocenters. The van der Waals surface area contributed by atoms with Gasteiger partial charge < -0.3 is 18.8 Å². The molecule has 1 aromatic heterocycles. The molecular weight excluding hydrogens is 480 g/mol. The van der Waals surface area contributed by atoms with E-state index in [0.29, 0.717) is 43.2 Å². The molecule has 194 valence electrons. The van der Waals surface area contributed by atoms with Crippen molar-refractivity contribution < 1.29 is 23.6 Å². The summed E-state index contributed by atoms with van der Waals surface area (Å²) in [6, 6.07) is 25.5. The summed E-state index contributed by atoms with van der Waals surface area (Å²) >= 11 is 0. The number of aromatic nitrogens is 1. The van der Waals surface area contributed by atoms with Crippen molar-refractivity contribution in [2.75, 3.05) is 18.5 Å². The van der Waals surface area contributed by atoms with Crippen LogP contribution in [0.3, 0.4) is 0 Å². The highest BCUT2D eigenvalue weighted by Gasteiger charge is 2.34. The Morgan fingerprint density at radius 3 is 2.18 bits per heavy atom. The maximum absolute atomic E-state index is 12.6. The summed E-state index contributed by atoms with van der Waals surface area (Å²) in [6.45, 7) is 4.79. The average molecular weight is 511 g/mol. The van der Waals surface area contributed by atoms with Gasteiger partial charge in [0.05, 0.1) is 5.41 Å². The number of anilines is 1. The second kappa shape index (κ2) is 11.0. The van der Waals surface area contributed by atoms with Gasteiger partial charge in [0.1, 0.15) is 23.8 Å². The average Bonchev–Trinajstić information content (AvgIpc) is 3.33. The third-order valence-corrected chi connectivity index (χ3v) is 7.19. The van der Waals surface area contributed by atoms with Crippen LogP contribution in [-0.2, 0) is 19.7 Å². The number of aryl methyl sites for hydroxylation is 1. The molecule has 1 aliphatic rings. The van der Waals surface area contributed by atoms with E-state index in [9.17, 15) is 9.59 Å². The smallest absolute Gasteiger partial charge is 0.412 e. The van der Waals surface area contributed by atoms with Crippen molar-refractivity contribution in [3.05, 3.63) is 95.7 Å². The zero-order valence-corrected chi connectivity index (χ0v) is 21.5. The molecule has 0 spiro atoms. The van der Waals surface area contributed by atoms with E-state index in [4.69, 9.17) is 14.0 Å². The van der Waals surface area contributed by atoms with E-state index in [2.05, 4.69) is 10.5 Å². The van der Waals surface area contributed by atoms with Crippen molar-refractivity contribution in [1.29, 1.82) is 0 Å². The molecule has 7 heteroatoms. The first kappa shape index (κ1) is 25.4. The topological polar surface area (TPSA) is 90.7 Å². The molecule has 3 aromatic carbocycles. The van der Waals surface area contributed by atoms with Gasteiger partial charge in [0.15, 0.2) is 5.76 Å². The van der Waals surface area contributed by atoms with Crippen molar-refractivity contribution in [3.8, 4) is 22.5 Å². The van der Waals surface area contributed by atoms with Gasteiger partial charge in [-0.25, -0.2) is 4.79 Å². The van der Waals surface area contributed by atoms with Crippen LogP contribution in [0.2, 0.25) is 0 Å². The molecule has 1 N–H and O–H groups in total. The molecule has 4 aromatic rings. The molecule has 38 heavy (non-hydrogen) atoms. The monoisotopic (exact) mass is 510 g/mol. The van der Waals surface area contributed by atoms with E-state index in [1.807, 2.05) is 85.8 Å². The summed E-state index contributed by atoms with van der Waals surface area (Å²) < 4.78 is 16.6. The fourth-order valence-electron chi connectivity index (χ4n) is 4.82. The van der Waals surface area contributed by atoms with Crippen molar-refractivity contribution in [3.63, 3.8) is 0 Å². The molecular formula is C31H30N2O5. The van der Waals surface area contributed by atoms with Gasteiger partial charge in [0.25, 0.3) is 0 Å². The molecule has 1 amide bonds. The number of nitrogens with zero attached hydrogens (tertiary/aromatic N) is 1. The van der Waals surface area contributed by atoms with Gasteiger partial charge in [-0.3, -0.25) is 5.32 Å². The lowest BCUT2D eigenvalue weighted by molar-refractivity contribution is -0.115. The molecule has 1 fully saturated rings. The fraction of sp³-hybridized carbons (Fsp3) is 0.258. The van der Waals surface area contributed by atoms with Gasteiger partial charge in [-0.05, 0) is 48.9 Å². The maximum Gasteiger partial charge on any atom is 0.412 e. The zero-order chi connectivity index (χ0) is 26.5. The second-order valence-corrected chi connectivity index (χ2v) is 9.60. The summed E-state index contributed by atoms with van der Waals surface area (Å²) in [4.78, 5) is 24.5. The van der Waals surface area contributed by atoms with Crippen LogP contribution in [0.15, 0.2) is 83.4 Å². The number of aldehydes is 1. The van der Waals surface area contributed by atoms with Crippen molar-refractivity contribution >= 4 is 18.1 Å². The Kier molecular flexibility index (Phi) is 7.38. The number of ether oxygens (including phenoxy) is 2. The Hall–Kier alpha value is -4.23. The van der Waals surface area contributed by atoms with Crippen LogP contribution >= 0.6 is 0 Å². The van der Waals surface area contributed by atoms with Crippen molar-refractivity contribution in [2.24, 2.45) is 0 Å². The number of benzene rings is 3. The minimum Gasteiger partial charge on any atom is -0.441 e. The number of hydrogen-bond donors (Lipinski definition) is 1. The number of carbonyl (C=O) groups is 2. The van der Waals surface area contributed by atoms with E-state index < -0.39 is 17.6 Å². The molecule has 1 atom stereocenters. The molecule has 0 radical (unpaired) electrons. The first-order valence-electron chi connectivity index (χ1n) is 12.7. The number of nitrogens with one attached hydrogen (secondary N) is 1. The highest BCUT2D eigenvalue weighted by Crippen LogP contribution is 2.35. The highest BCUT2D eigenvalue weighted by molar-refractivity contribution is 5.91. The molecule has 0 aliphatic carbocycles. The number of carbonyl (C=O) groups excluding carboxylic acids is 2. The fourth-order valence-corrected chi connectivity index (χ4v) is 4.82. The zero-order valence-electron chi connectivity index (χ0n) is 21.5. The van der Waals surface area contributed by atoms with Crippen LogP contribution in [0.1, 0.15) is 42.7 Å². The Labute approximate surface area is 221 Å². The third-order valence-electron chi connectivity index (χ3n) is 7.19. The Morgan fingerprint density at radius 1 is 0.947 bits per heavy atom. The molecule has 1 aliphatic heterocycles. The number of hydrogen-bond acceptors (Lipinski definition) is 6.